The number of hydrogen-bond donors (Lipinski definition) is 2. The van der Waals surface area contributed by atoms with Crippen molar-refractivity contribution < 1.29 is 14.7 Å². The average Bonchev–Trinajstić information content (AvgIpc) is 2.65. The Labute approximate surface area is 86.9 Å². The number of nitrogens with zero attached hydrogens (tertiary/aromatic N) is 2. The standard InChI is InChI=1S/C9H13N3O3/c13-6-3-4-12(5-6)9(15)7-1-2-8(14)11-10-7/h6,13H,1-5H2,(H,11,14)/t6-/m1/s1. The van der Waals surface area contributed by atoms with E-state index in [9.17, 15) is 14.7 Å². The smallest absolute Gasteiger partial charge is 0.270 e. The van der Waals surface area contributed by atoms with Crippen molar-refractivity contribution in [2.75, 3.05) is 13.1 Å². The highest BCUT2D eigenvalue weighted by Gasteiger charge is 2.28. The van der Waals surface area contributed by atoms with Gasteiger partial charge >= 0.3 is 0 Å². The van der Waals surface area contributed by atoms with E-state index >= 15 is 0 Å². The molecular weight excluding hydrogens is 198 g/mol. The summed E-state index contributed by atoms with van der Waals surface area (Å²) >= 11 is 0. The molecule has 0 aromatic carbocycles. The summed E-state index contributed by atoms with van der Waals surface area (Å²) in [6.45, 7) is 0.929. The first kappa shape index (κ1) is 10.1. The predicted molar refractivity (Wildman–Crippen MR) is 52.0 cm³/mol. The van der Waals surface area contributed by atoms with E-state index in [-0.39, 0.29) is 11.8 Å². The van der Waals surface area contributed by atoms with E-state index in [1.807, 2.05) is 0 Å². The monoisotopic (exact) mass is 211 g/mol. The second kappa shape index (κ2) is 3.98. The van der Waals surface area contributed by atoms with E-state index in [0.717, 1.165) is 0 Å². The van der Waals surface area contributed by atoms with E-state index in [2.05, 4.69) is 10.5 Å². The van der Waals surface area contributed by atoms with Gasteiger partial charge in [-0.25, -0.2) is 5.43 Å². The highest BCUT2D eigenvalue weighted by atomic mass is 16.3. The van der Waals surface area contributed by atoms with Crippen molar-refractivity contribution in [2.24, 2.45) is 5.10 Å². The van der Waals surface area contributed by atoms with Gasteiger partial charge in [0.15, 0.2) is 0 Å². The maximum absolute atomic E-state index is 11.8. The average molecular weight is 211 g/mol. The van der Waals surface area contributed by atoms with Crippen LogP contribution in [0.25, 0.3) is 0 Å². The van der Waals surface area contributed by atoms with Crippen LogP contribution in [0.2, 0.25) is 0 Å². The zero-order valence-corrected chi connectivity index (χ0v) is 8.27. The van der Waals surface area contributed by atoms with E-state index in [1.165, 1.54) is 0 Å². The second-order valence-corrected chi connectivity index (χ2v) is 3.79. The largest absolute Gasteiger partial charge is 0.391 e. The first-order valence-electron chi connectivity index (χ1n) is 4.99. The number of aliphatic hydroxyl groups is 1. The van der Waals surface area contributed by atoms with Crippen LogP contribution in [0.5, 0.6) is 0 Å². The zero-order valence-electron chi connectivity index (χ0n) is 8.27. The van der Waals surface area contributed by atoms with Gasteiger partial charge in [0.2, 0.25) is 5.91 Å². The molecule has 1 atom stereocenters. The van der Waals surface area contributed by atoms with E-state index in [0.29, 0.717) is 38.1 Å². The molecule has 0 aliphatic carbocycles. The van der Waals surface area contributed by atoms with Crippen LogP contribution in [0.4, 0.5) is 0 Å². The van der Waals surface area contributed by atoms with Crippen molar-refractivity contribution in [2.45, 2.75) is 25.4 Å². The fourth-order valence-corrected chi connectivity index (χ4v) is 1.74. The van der Waals surface area contributed by atoms with Crippen LogP contribution in [0.3, 0.4) is 0 Å². The number of carbonyl (C=O) groups excluding carboxylic acids is 2. The normalized spacial score (nSPS) is 26.2. The van der Waals surface area contributed by atoms with Crippen molar-refractivity contribution >= 4 is 17.5 Å². The Morgan fingerprint density at radius 1 is 1.53 bits per heavy atom. The molecule has 6 heteroatoms. The lowest BCUT2D eigenvalue weighted by atomic mass is 10.1. The van der Waals surface area contributed by atoms with Crippen molar-refractivity contribution in [3.05, 3.63) is 0 Å². The molecule has 2 heterocycles. The Balaban J connectivity index is 1.99. The molecular formula is C9H13N3O3. The molecule has 15 heavy (non-hydrogen) atoms. The van der Waals surface area contributed by atoms with Gasteiger partial charge in [-0.05, 0) is 6.42 Å². The molecule has 0 saturated carbocycles. The number of rotatable bonds is 1. The van der Waals surface area contributed by atoms with Gasteiger partial charge < -0.3 is 10.0 Å². The highest BCUT2D eigenvalue weighted by molar-refractivity contribution is 6.39. The maximum atomic E-state index is 11.8. The number of carbonyl (C=O) groups is 2. The topological polar surface area (TPSA) is 82.0 Å². The van der Waals surface area contributed by atoms with Gasteiger partial charge in [0, 0.05) is 25.9 Å². The number of hydrazone groups is 1. The third kappa shape index (κ3) is 2.15. The Bertz CT molecular complexity index is 327. The summed E-state index contributed by atoms with van der Waals surface area (Å²) in [6.07, 6.45) is 0.886. The molecule has 0 aromatic rings. The molecule has 82 valence electrons. The molecule has 0 unspecified atom stereocenters. The van der Waals surface area contributed by atoms with Crippen LogP contribution in [-0.2, 0) is 9.59 Å². The number of aliphatic hydroxyl groups excluding tert-OH is 1. The third-order valence-corrected chi connectivity index (χ3v) is 2.60. The number of β-amino-alcohol motifs (C(OH)–C–C–N with tert-alkyl or cyclic N) is 1. The molecule has 2 aliphatic heterocycles. The second-order valence-electron chi connectivity index (χ2n) is 3.79. The number of likely N-dealkylation sites (tertiary alicyclic amines) is 1. The Kier molecular flexibility index (Phi) is 2.68. The molecule has 2 amide bonds. The van der Waals surface area contributed by atoms with Crippen LogP contribution in [0.1, 0.15) is 19.3 Å². The number of amides is 2. The number of hydrogen-bond acceptors (Lipinski definition) is 4. The Morgan fingerprint density at radius 3 is 2.87 bits per heavy atom. The van der Waals surface area contributed by atoms with Gasteiger partial charge in [0.05, 0.1) is 6.10 Å². The van der Waals surface area contributed by atoms with Crippen LogP contribution in [0.15, 0.2) is 5.10 Å². The Hall–Kier alpha value is -1.43. The summed E-state index contributed by atoms with van der Waals surface area (Å²) in [7, 11) is 0. The summed E-state index contributed by atoms with van der Waals surface area (Å²) in [5, 5.41) is 13.0. The molecule has 1 saturated heterocycles. The maximum Gasteiger partial charge on any atom is 0.270 e. The number of nitrogens with one attached hydrogen (secondary N) is 1. The summed E-state index contributed by atoms with van der Waals surface area (Å²) in [6, 6.07) is 0. The summed E-state index contributed by atoms with van der Waals surface area (Å²) in [5.74, 6) is -0.334. The summed E-state index contributed by atoms with van der Waals surface area (Å²) in [5.41, 5.74) is 2.67. The lowest BCUT2D eigenvalue weighted by Gasteiger charge is -2.18. The van der Waals surface area contributed by atoms with Gasteiger partial charge in [-0.15, -0.1) is 0 Å². The first-order valence-corrected chi connectivity index (χ1v) is 4.99. The fourth-order valence-electron chi connectivity index (χ4n) is 1.74. The Morgan fingerprint density at radius 2 is 2.33 bits per heavy atom. The molecule has 2 aliphatic rings. The summed E-state index contributed by atoms with van der Waals surface area (Å²) in [4.78, 5) is 24.2. The van der Waals surface area contributed by atoms with Gasteiger partial charge in [-0.2, -0.15) is 5.10 Å². The highest BCUT2D eigenvalue weighted by Crippen LogP contribution is 2.11. The van der Waals surface area contributed by atoms with Gasteiger partial charge in [-0.1, -0.05) is 0 Å². The molecule has 2 N–H and O–H groups in total. The van der Waals surface area contributed by atoms with Gasteiger partial charge in [0.1, 0.15) is 5.71 Å². The lowest BCUT2D eigenvalue weighted by Crippen LogP contribution is -2.39. The van der Waals surface area contributed by atoms with Crippen LogP contribution in [-0.4, -0.2) is 46.7 Å². The molecule has 0 radical (unpaired) electrons. The third-order valence-electron chi connectivity index (χ3n) is 2.60. The van der Waals surface area contributed by atoms with Crippen molar-refractivity contribution in [1.82, 2.24) is 10.3 Å². The molecule has 2 rings (SSSR count). The van der Waals surface area contributed by atoms with Gasteiger partial charge in [-0.3, -0.25) is 9.59 Å². The van der Waals surface area contributed by atoms with Crippen molar-refractivity contribution in [3.8, 4) is 0 Å². The van der Waals surface area contributed by atoms with Crippen molar-refractivity contribution in [1.29, 1.82) is 0 Å². The molecule has 1 fully saturated rings. The molecule has 6 nitrogen and oxygen atoms in total. The van der Waals surface area contributed by atoms with Gasteiger partial charge in [0.25, 0.3) is 5.91 Å². The summed E-state index contributed by atoms with van der Waals surface area (Å²) < 4.78 is 0. The lowest BCUT2D eigenvalue weighted by molar-refractivity contribution is -0.124. The first-order chi connectivity index (χ1) is 7.16. The van der Waals surface area contributed by atoms with Crippen LogP contribution >= 0.6 is 0 Å². The minimum atomic E-state index is -0.423. The fraction of sp³-hybridized carbons (Fsp3) is 0.667. The van der Waals surface area contributed by atoms with E-state index in [4.69, 9.17) is 0 Å². The quantitative estimate of drug-likeness (QED) is 0.574. The minimum Gasteiger partial charge on any atom is -0.391 e. The van der Waals surface area contributed by atoms with Crippen LogP contribution < -0.4 is 5.43 Å². The molecule has 0 spiro atoms. The van der Waals surface area contributed by atoms with Crippen LogP contribution in [0, 0.1) is 0 Å². The predicted octanol–water partition coefficient (Wildman–Crippen LogP) is -1.15. The van der Waals surface area contributed by atoms with E-state index in [1.54, 1.807) is 4.90 Å². The SMILES string of the molecule is O=C1CCC(C(=O)N2CC[C@@H](O)C2)=NN1. The zero-order chi connectivity index (χ0) is 10.8. The molecule has 0 aromatic heterocycles. The molecule has 0 bridgehead atoms. The van der Waals surface area contributed by atoms with E-state index < -0.39 is 6.10 Å². The minimum absolute atomic E-state index is 0.159. The van der Waals surface area contributed by atoms with Crippen molar-refractivity contribution in [3.63, 3.8) is 0 Å².